The van der Waals surface area contributed by atoms with Crippen LogP contribution in [0.4, 0.5) is 4.39 Å². The molecule has 0 aliphatic heterocycles. The maximum absolute atomic E-state index is 12.9. The van der Waals surface area contributed by atoms with Gasteiger partial charge in [-0.1, -0.05) is 0 Å². The van der Waals surface area contributed by atoms with Gasteiger partial charge in [0.15, 0.2) is 5.76 Å². The summed E-state index contributed by atoms with van der Waals surface area (Å²) >= 11 is 0. The SMILES string of the molecule is O=C(O)CC[C@H](NC(=O)c1ccc(-c2ccc(F)cc2)o1)C(=O)O. The van der Waals surface area contributed by atoms with Gasteiger partial charge in [0, 0.05) is 12.0 Å². The van der Waals surface area contributed by atoms with Gasteiger partial charge in [-0.05, 0) is 42.8 Å². The van der Waals surface area contributed by atoms with E-state index in [1.165, 1.54) is 36.4 Å². The number of carboxylic acid groups (broad SMARTS) is 2. The Kier molecular flexibility index (Phi) is 5.31. The van der Waals surface area contributed by atoms with Crippen molar-refractivity contribution in [3.8, 4) is 11.3 Å². The van der Waals surface area contributed by atoms with Gasteiger partial charge in [0.25, 0.3) is 5.91 Å². The van der Waals surface area contributed by atoms with Crippen molar-refractivity contribution in [1.82, 2.24) is 5.32 Å². The number of hydrogen-bond acceptors (Lipinski definition) is 4. The van der Waals surface area contributed by atoms with Crippen LogP contribution >= 0.6 is 0 Å². The molecule has 0 bridgehead atoms. The average Bonchev–Trinajstić information content (AvgIpc) is 3.01. The fourth-order valence-corrected chi connectivity index (χ4v) is 1.98. The van der Waals surface area contributed by atoms with Crippen molar-refractivity contribution in [2.75, 3.05) is 0 Å². The van der Waals surface area contributed by atoms with E-state index in [0.717, 1.165) is 0 Å². The lowest BCUT2D eigenvalue weighted by Crippen LogP contribution is -2.41. The summed E-state index contributed by atoms with van der Waals surface area (Å²) in [4.78, 5) is 33.6. The molecule has 1 aromatic carbocycles. The number of carbonyl (C=O) groups is 3. The van der Waals surface area contributed by atoms with Gasteiger partial charge in [0.1, 0.15) is 17.6 Å². The summed E-state index contributed by atoms with van der Waals surface area (Å²) in [5.41, 5.74) is 0.552. The van der Waals surface area contributed by atoms with Gasteiger partial charge in [0.05, 0.1) is 0 Å². The maximum atomic E-state index is 12.9. The molecule has 3 N–H and O–H groups in total. The largest absolute Gasteiger partial charge is 0.481 e. The third kappa shape index (κ3) is 4.42. The summed E-state index contributed by atoms with van der Waals surface area (Å²) in [7, 11) is 0. The van der Waals surface area contributed by atoms with E-state index in [0.29, 0.717) is 11.3 Å². The Balaban J connectivity index is 2.08. The predicted molar refractivity (Wildman–Crippen MR) is 79.9 cm³/mol. The van der Waals surface area contributed by atoms with E-state index >= 15 is 0 Å². The number of furan rings is 1. The molecule has 0 radical (unpaired) electrons. The zero-order valence-corrected chi connectivity index (χ0v) is 12.4. The zero-order chi connectivity index (χ0) is 17.7. The van der Waals surface area contributed by atoms with Crippen LogP contribution in [-0.2, 0) is 9.59 Å². The molecule has 1 amide bonds. The van der Waals surface area contributed by atoms with E-state index < -0.39 is 36.1 Å². The molecular weight excluding hydrogens is 321 g/mol. The van der Waals surface area contributed by atoms with Crippen molar-refractivity contribution in [2.45, 2.75) is 18.9 Å². The van der Waals surface area contributed by atoms with Crippen molar-refractivity contribution in [1.29, 1.82) is 0 Å². The monoisotopic (exact) mass is 335 g/mol. The molecule has 0 spiro atoms. The number of amides is 1. The minimum Gasteiger partial charge on any atom is -0.481 e. The van der Waals surface area contributed by atoms with E-state index in [1.54, 1.807) is 0 Å². The molecule has 0 aliphatic rings. The van der Waals surface area contributed by atoms with Crippen LogP contribution in [0.3, 0.4) is 0 Å². The molecule has 0 unspecified atom stereocenters. The second kappa shape index (κ2) is 7.40. The fraction of sp³-hybridized carbons (Fsp3) is 0.188. The Bertz CT molecular complexity index is 752. The third-order valence-electron chi connectivity index (χ3n) is 3.21. The van der Waals surface area contributed by atoms with Crippen molar-refractivity contribution < 1.29 is 33.4 Å². The third-order valence-corrected chi connectivity index (χ3v) is 3.21. The highest BCUT2D eigenvalue weighted by molar-refractivity contribution is 5.94. The van der Waals surface area contributed by atoms with Gasteiger partial charge in [-0.25, -0.2) is 9.18 Å². The Hall–Kier alpha value is -3.16. The number of aliphatic carboxylic acids is 2. The molecule has 126 valence electrons. The second-order valence-corrected chi connectivity index (χ2v) is 4.97. The molecule has 0 saturated carbocycles. The second-order valence-electron chi connectivity index (χ2n) is 4.97. The summed E-state index contributed by atoms with van der Waals surface area (Å²) in [6, 6.07) is 6.94. The van der Waals surface area contributed by atoms with Gasteiger partial charge < -0.3 is 19.9 Å². The van der Waals surface area contributed by atoms with Crippen LogP contribution in [0.25, 0.3) is 11.3 Å². The van der Waals surface area contributed by atoms with Crippen LogP contribution in [-0.4, -0.2) is 34.1 Å². The first-order valence-corrected chi connectivity index (χ1v) is 6.98. The first-order valence-electron chi connectivity index (χ1n) is 6.98. The van der Waals surface area contributed by atoms with Crippen molar-refractivity contribution in [3.63, 3.8) is 0 Å². The van der Waals surface area contributed by atoms with Crippen molar-refractivity contribution in [2.24, 2.45) is 0 Å². The topological polar surface area (TPSA) is 117 Å². The van der Waals surface area contributed by atoms with Crippen LogP contribution in [0.5, 0.6) is 0 Å². The Morgan fingerprint density at radius 2 is 1.75 bits per heavy atom. The van der Waals surface area contributed by atoms with Crippen molar-refractivity contribution in [3.05, 3.63) is 48.0 Å². The predicted octanol–water partition coefficient (Wildman–Crippen LogP) is 2.13. The van der Waals surface area contributed by atoms with Gasteiger partial charge >= 0.3 is 11.9 Å². The molecule has 24 heavy (non-hydrogen) atoms. The molecule has 1 atom stereocenters. The number of rotatable bonds is 7. The fourth-order valence-electron chi connectivity index (χ4n) is 1.98. The van der Waals surface area contributed by atoms with Gasteiger partial charge in [-0.3, -0.25) is 9.59 Å². The molecule has 2 rings (SSSR count). The Labute approximate surface area is 135 Å². The van der Waals surface area contributed by atoms with Crippen LogP contribution in [0, 0.1) is 5.82 Å². The van der Waals surface area contributed by atoms with Crippen LogP contribution in [0.15, 0.2) is 40.8 Å². The summed E-state index contributed by atoms with van der Waals surface area (Å²) in [5.74, 6) is -3.50. The number of hydrogen-bond donors (Lipinski definition) is 3. The van der Waals surface area contributed by atoms with E-state index in [-0.39, 0.29) is 12.2 Å². The summed E-state index contributed by atoms with van der Waals surface area (Å²) < 4.78 is 18.2. The van der Waals surface area contributed by atoms with Crippen LogP contribution < -0.4 is 5.32 Å². The zero-order valence-electron chi connectivity index (χ0n) is 12.4. The lowest BCUT2D eigenvalue weighted by molar-refractivity contribution is -0.140. The Morgan fingerprint density at radius 3 is 2.33 bits per heavy atom. The lowest BCUT2D eigenvalue weighted by atomic mass is 10.1. The highest BCUT2D eigenvalue weighted by atomic mass is 19.1. The number of nitrogens with one attached hydrogen (secondary N) is 1. The minimum atomic E-state index is -1.34. The lowest BCUT2D eigenvalue weighted by Gasteiger charge is -2.12. The first kappa shape index (κ1) is 17.2. The molecular formula is C16H14FNO6. The molecule has 0 aliphatic carbocycles. The highest BCUT2D eigenvalue weighted by Gasteiger charge is 2.23. The quantitative estimate of drug-likeness (QED) is 0.713. The molecule has 0 fully saturated rings. The normalized spacial score (nSPS) is 11.7. The molecule has 7 nitrogen and oxygen atoms in total. The number of benzene rings is 1. The van der Waals surface area contributed by atoms with Gasteiger partial charge in [-0.15, -0.1) is 0 Å². The maximum Gasteiger partial charge on any atom is 0.326 e. The summed E-state index contributed by atoms with van der Waals surface area (Å²) in [6.07, 6.45) is -0.641. The summed E-state index contributed by atoms with van der Waals surface area (Å²) in [5, 5.41) is 19.8. The minimum absolute atomic E-state index is 0.129. The van der Waals surface area contributed by atoms with E-state index in [1.807, 2.05) is 0 Å². The standard InChI is InChI=1S/C16H14FNO6/c17-10-3-1-9(2-4-10)12-6-7-13(24-12)15(21)18-11(16(22)23)5-8-14(19)20/h1-4,6-7,11H,5,8H2,(H,18,21)(H,19,20)(H,22,23)/t11-/m0/s1. The molecule has 1 heterocycles. The molecule has 2 aromatic rings. The van der Waals surface area contributed by atoms with Crippen LogP contribution in [0.1, 0.15) is 23.4 Å². The summed E-state index contributed by atoms with van der Waals surface area (Å²) in [6.45, 7) is 0. The van der Waals surface area contributed by atoms with Crippen LogP contribution in [0.2, 0.25) is 0 Å². The molecule has 1 aromatic heterocycles. The Morgan fingerprint density at radius 1 is 1.08 bits per heavy atom. The van der Waals surface area contributed by atoms with E-state index in [4.69, 9.17) is 14.6 Å². The highest BCUT2D eigenvalue weighted by Crippen LogP contribution is 2.22. The number of halogens is 1. The molecule has 8 heteroatoms. The van der Waals surface area contributed by atoms with E-state index in [9.17, 15) is 18.8 Å². The van der Waals surface area contributed by atoms with Gasteiger partial charge in [0.2, 0.25) is 0 Å². The number of carboxylic acids is 2. The van der Waals surface area contributed by atoms with Gasteiger partial charge in [-0.2, -0.15) is 0 Å². The first-order chi connectivity index (χ1) is 11.4. The smallest absolute Gasteiger partial charge is 0.326 e. The molecule has 0 saturated heterocycles. The average molecular weight is 335 g/mol. The number of carbonyl (C=O) groups excluding carboxylic acids is 1. The van der Waals surface area contributed by atoms with E-state index in [2.05, 4.69) is 5.32 Å². The van der Waals surface area contributed by atoms with Crippen molar-refractivity contribution >= 4 is 17.8 Å².